The van der Waals surface area contributed by atoms with Crippen LogP contribution in [0.5, 0.6) is 0 Å². The van der Waals surface area contributed by atoms with Crippen molar-refractivity contribution in [1.82, 2.24) is 4.98 Å². The van der Waals surface area contributed by atoms with Gasteiger partial charge < -0.3 is 5.73 Å². The number of hydrogen-bond acceptors (Lipinski definition) is 3. The normalized spacial score (nSPS) is 10.6. The highest BCUT2D eigenvalue weighted by atomic mass is 127. The summed E-state index contributed by atoms with van der Waals surface area (Å²) in [6.07, 6.45) is 0. The Morgan fingerprint density at radius 1 is 1.40 bits per heavy atom. The lowest BCUT2D eigenvalue weighted by molar-refractivity contribution is 0.631. The average molecular weight is 334 g/mol. The van der Waals surface area contributed by atoms with E-state index in [-0.39, 0.29) is 5.82 Å². The zero-order valence-electron chi connectivity index (χ0n) is 7.71. The quantitative estimate of drug-likeness (QED) is 0.858. The van der Waals surface area contributed by atoms with E-state index in [2.05, 4.69) is 27.6 Å². The Morgan fingerprint density at radius 2 is 2.13 bits per heavy atom. The van der Waals surface area contributed by atoms with Gasteiger partial charge in [0.2, 0.25) is 0 Å². The zero-order chi connectivity index (χ0) is 10.8. The molecule has 0 atom stereocenters. The monoisotopic (exact) mass is 334 g/mol. The van der Waals surface area contributed by atoms with Crippen molar-refractivity contribution in [1.29, 1.82) is 0 Å². The minimum absolute atomic E-state index is 0.229. The van der Waals surface area contributed by atoms with E-state index in [1.807, 2.05) is 6.07 Å². The van der Waals surface area contributed by atoms with Gasteiger partial charge in [-0.1, -0.05) is 18.2 Å². The minimum atomic E-state index is -0.229. The second-order valence-corrected chi connectivity index (χ2v) is 5.68. The van der Waals surface area contributed by atoms with Crippen LogP contribution in [-0.4, -0.2) is 4.98 Å². The van der Waals surface area contributed by atoms with E-state index in [9.17, 15) is 4.39 Å². The number of thiazole rings is 1. The average Bonchev–Trinajstić information content (AvgIpc) is 2.60. The van der Waals surface area contributed by atoms with Gasteiger partial charge in [-0.25, -0.2) is 9.37 Å². The molecule has 0 bridgehead atoms. The van der Waals surface area contributed by atoms with E-state index < -0.39 is 0 Å². The maximum Gasteiger partial charge on any atom is 0.154 e. The summed E-state index contributed by atoms with van der Waals surface area (Å²) in [6.45, 7) is 0.336. The van der Waals surface area contributed by atoms with Gasteiger partial charge >= 0.3 is 0 Å². The molecule has 0 fully saturated rings. The smallest absolute Gasteiger partial charge is 0.154 e. The highest BCUT2D eigenvalue weighted by Crippen LogP contribution is 2.32. The molecule has 78 valence electrons. The maximum atomic E-state index is 13.5. The number of hydrogen-bond donors (Lipinski definition) is 1. The second kappa shape index (κ2) is 4.54. The van der Waals surface area contributed by atoms with Crippen LogP contribution < -0.4 is 5.73 Å². The summed E-state index contributed by atoms with van der Waals surface area (Å²) in [5.74, 6) is -0.229. The molecule has 0 aliphatic carbocycles. The fraction of sp³-hybridized carbons (Fsp3) is 0.100. The topological polar surface area (TPSA) is 38.9 Å². The molecule has 1 aromatic heterocycles. The molecule has 0 amide bonds. The summed E-state index contributed by atoms with van der Waals surface area (Å²) in [6, 6.07) is 6.68. The molecular formula is C10H8FIN2S. The summed E-state index contributed by atoms with van der Waals surface area (Å²) in [5.41, 5.74) is 6.91. The lowest BCUT2D eigenvalue weighted by atomic mass is 10.1. The number of nitrogens with zero attached hydrogens (tertiary/aromatic N) is 1. The standard InChI is InChI=1S/C10H8FIN2S/c11-7-4-2-1-3-6(7)9-8(5-13)14-10(12)15-9/h1-4H,5,13H2. The molecule has 2 nitrogen and oxygen atoms in total. The van der Waals surface area contributed by atoms with Crippen LogP contribution in [0.3, 0.4) is 0 Å². The molecule has 0 saturated carbocycles. The predicted octanol–water partition coefficient (Wildman–Crippen LogP) is 3.01. The van der Waals surface area contributed by atoms with Crippen molar-refractivity contribution >= 4 is 33.9 Å². The van der Waals surface area contributed by atoms with E-state index in [1.165, 1.54) is 17.4 Å². The van der Waals surface area contributed by atoms with E-state index in [0.29, 0.717) is 12.1 Å². The van der Waals surface area contributed by atoms with Crippen molar-refractivity contribution in [3.63, 3.8) is 0 Å². The zero-order valence-corrected chi connectivity index (χ0v) is 10.7. The van der Waals surface area contributed by atoms with Crippen molar-refractivity contribution in [2.75, 3.05) is 0 Å². The second-order valence-electron chi connectivity index (χ2n) is 2.93. The van der Waals surface area contributed by atoms with Crippen LogP contribution in [0.25, 0.3) is 10.4 Å². The van der Waals surface area contributed by atoms with E-state index >= 15 is 0 Å². The van der Waals surface area contributed by atoms with Gasteiger partial charge in [-0.2, -0.15) is 0 Å². The molecule has 1 aromatic carbocycles. The van der Waals surface area contributed by atoms with Gasteiger partial charge in [0.05, 0.1) is 10.6 Å². The lowest BCUT2D eigenvalue weighted by Crippen LogP contribution is -1.98. The molecule has 0 unspecified atom stereocenters. The Kier molecular flexibility index (Phi) is 3.32. The molecule has 2 N–H and O–H groups in total. The van der Waals surface area contributed by atoms with E-state index in [0.717, 1.165) is 13.6 Å². The van der Waals surface area contributed by atoms with Crippen molar-refractivity contribution in [3.05, 3.63) is 38.8 Å². The van der Waals surface area contributed by atoms with Crippen LogP contribution in [0.15, 0.2) is 24.3 Å². The first kappa shape index (κ1) is 11.0. The van der Waals surface area contributed by atoms with Crippen LogP contribution in [0.1, 0.15) is 5.69 Å². The number of benzene rings is 1. The molecule has 0 spiro atoms. The van der Waals surface area contributed by atoms with Gasteiger partial charge in [-0.15, -0.1) is 11.3 Å². The molecule has 1 heterocycles. The van der Waals surface area contributed by atoms with E-state index in [1.54, 1.807) is 12.1 Å². The van der Waals surface area contributed by atoms with Crippen molar-refractivity contribution in [2.24, 2.45) is 5.73 Å². The van der Waals surface area contributed by atoms with Crippen molar-refractivity contribution in [2.45, 2.75) is 6.54 Å². The van der Waals surface area contributed by atoms with E-state index in [4.69, 9.17) is 5.73 Å². The summed E-state index contributed by atoms with van der Waals surface area (Å²) in [4.78, 5) is 5.09. The third kappa shape index (κ3) is 2.19. The maximum absolute atomic E-state index is 13.5. The highest BCUT2D eigenvalue weighted by Gasteiger charge is 2.13. The van der Waals surface area contributed by atoms with Crippen LogP contribution in [0.2, 0.25) is 0 Å². The first-order valence-corrected chi connectivity index (χ1v) is 6.22. The number of aromatic nitrogens is 1. The molecule has 0 aliphatic heterocycles. The van der Waals surface area contributed by atoms with Gasteiger partial charge in [0.15, 0.2) is 3.01 Å². The first-order valence-electron chi connectivity index (χ1n) is 4.32. The molecule has 0 radical (unpaired) electrons. The van der Waals surface area contributed by atoms with Gasteiger partial charge in [0, 0.05) is 12.1 Å². The third-order valence-corrected chi connectivity index (χ3v) is 3.80. The number of halogens is 2. The van der Waals surface area contributed by atoms with Crippen LogP contribution in [-0.2, 0) is 6.54 Å². The predicted molar refractivity (Wildman–Crippen MR) is 68.1 cm³/mol. The van der Waals surface area contributed by atoms with Gasteiger partial charge in [-0.3, -0.25) is 0 Å². The number of rotatable bonds is 2. The summed E-state index contributed by atoms with van der Waals surface area (Å²) < 4.78 is 14.4. The molecule has 5 heteroatoms. The largest absolute Gasteiger partial charge is 0.325 e. The van der Waals surface area contributed by atoms with Gasteiger partial charge in [0.1, 0.15) is 5.82 Å². The third-order valence-electron chi connectivity index (χ3n) is 1.98. The summed E-state index contributed by atoms with van der Waals surface area (Å²) in [7, 11) is 0. The number of nitrogens with two attached hydrogens (primary N) is 1. The van der Waals surface area contributed by atoms with Crippen molar-refractivity contribution < 1.29 is 4.39 Å². The van der Waals surface area contributed by atoms with Gasteiger partial charge in [0.25, 0.3) is 0 Å². The molecule has 0 aliphatic rings. The molecule has 15 heavy (non-hydrogen) atoms. The summed E-state index contributed by atoms with van der Waals surface area (Å²) in [5, 5.41) is 0. The highest BCUT2D eigenvalue weighted by molar-refractivity contribution is 14.1. The Labute approximate surface area is 104 Å². The van der Waals surface area contributed by atoms with Crippen molar-refractivity contribution in [3.8, 4) is 10.4 Å². The van der Waals surface area contributed by atoms with Gasteiger partial charge in [-0.05, 0) is 28.7 Å². The Bertz CT molecular complexity index is 484. The molecule has 0 saturated heterocycles. The lowest BCUT2D eigenvalue weighted by Gasteiger charge is -2.00. The Hall–Kier alpha value is -0.530. The molecule has 2 aromatic rings. The molecular weight excluding hydrogens is 326 g/mol. The Balaban J connectivity index is 2.58. The first-order chi connectivity index (χ1) is 7.22. The summed E-state index contributed by atoms with van der Waals surface area (Å²) >= 11 is 3.58. The molecule has 2 rings (SSSR count). The van der Waals surface area contributed by atoms with Crippen LogP contribution >= 0.6 is 33.9 Å². The Morgan fingerprint density at radius 3 is 2.80 bits per heavy atom. The SMILES string of the molecule is NCc1nc(I)sc1-c1ccccc1F. The fourth-order valence-electron chi connectivity index (χ4n) is 1.32. The van der Waals surface area contributed by atoms with Crippen LogP contribution in [0, 0.1) is 8.83 Å². The van der Waals surface area contributed by atoms with Crippen LogP contribution in [0.4, 0.5) is 4.39 Å². The fourth-order valence-corrected chi connectivity index (χ4v) is 3.12. The minimum Gasteiger partial charge on any atom is -0.325 e.